The second kappa shape index (κ2) is 5.99. The third-order valence-electron chi connectivity index (χ3n) is 3.09. The maximum absolute atomic E-state index is 12.2. The molecule has 2 rings (SSSR count). The van der Waals surface area contributed by atoms with Crippen LogP contribution in [0.1, 0.15) is 12.5 Å². The van der Waals surface area contributed by atoms with Crippen molar-refractivity contribution in [2.75, 3.05) is 20.3 Å². The van der Waals surface area contributed by atoms with Crippen LogP contribution in [0.2, 0.25) is 10.0 Å². The molecule has 0 spiro atoms. The molecule has 0 aromatic heterocycles. The summed E-state index contributed by atoms with van der Waals surface area (Å²) in [6.07, 6.45) is 0. The average molecular weight is 316 g/mol. The quantitative estimate of drug-likeness (QED) is 0.835. The monoisotopic (exact) mass is 315 g/mol. The molecule has 20 heavy (non-hydrogen) atoms. The third-order valence-corrected chi connectivity index (χ3v) is 3.64. The van der Waals surface area contributed by atoms with E-state index in [9.17, 15) is 4.79 Å². The molecule has 1 aromatic carbocycles. The summed E-state index contributed by atoms with van der Waals surface area (Å²) in [5.41, 5.74) is -0.314. The Morgan fingerprint density at radius 3 is 2.80 bits per heavy atom. The highest BCUT2D eigenvalue weighted by atomic mass is 35.5. The Labute approximate surface area is 127 Å². The van der Waals surface area contributed by atoms with Gasteiger partial charge in [-0.1, -0.05) is 29.3 Å². The number of nitrogens with zero attached hydrogens (tertiary/aromatic N) is 1. The number of halogens is 2. The summed E-state index contributed by atoms with van der Waals surface area (Å²) in [6, 6.07) is 5.04. The maximum atomic E-state index is 12.2. The molecule has 1 saturated heterocycles. The van der Waals surface area contributed by atoms with E-state index in [1.54, 1.807) is 32.2 Å². The van der Waals surface area contributed by atoms with Gasteiger partial charge in [-0.15, -0.1) is 0 Å². The lowest BCUT2D eigenvalue weighted by Crippen LogP contribution is -2.41. The van der Waals surface area contributed by atoms with E-state index < -0.39 is 5.54 Å². The van der Waals surface area contributed by atoms with Gasteiger partial charge in [0.15, 0.2) is 5.96 Å². The number of ether oxygens (including phenoxy) is 1. The van der Waals surface area contributed by atoms with Gasteiger partial charge in [-0.05, 0) is 19.1 Å². The fraction of sp³-hybridized carbons (Fsp3) is 0.385. The Morgan fingerprint density at radius 1 is 1.40 bits per heavy atom. The van der Waals surface area contributed by atoms with E-state index in [4.69, 9.17) is 27.9 Å². The normalized spacial score (nSPS) is 23.8. The van der Waals surface area contributed by atoms with E-state index in [1.165, 1.54) is 0 Å². The van der Waals surface area contributed by atoms with Gasteiger partial charge >= 0.3 is 0 Å². The molecule has 7 heteroatoms. The molecule has 1 amide bonds. The van der Waals surface area contributed by atoms with E-state index >= 15 is 0 Å². The van der Waals surface area contributed by atoms with Gasteiger partial charge in [0.05, 0.1) is 13.2 Å². The number of methoxy groups -OCH3 is 1. The summed E-state index contributed by atoms with van der Waals surface area (Å²) in [6.45, 7) is 2.69. The second-order valence-corrected chi connectivity index (χ2v) is 5.40. The van der Waals surface area contributed by atoms with Crippen LogP contribution in [0.4, 0.5) is 0 Å². The zero-order valence-electron chi connectivity index (χ0n) is 11.2. The molecular formula is C13H15Cl2N3O2. The molecule has 0 radical (unpaired) electrons. The van der Waals surface area contributed by atoms with Crippen molar-refractivity contribution < 1.29 is 9.53 Å². The molecule has 2 N–H and O–H groups in total. The molecule has 0 aliphatic carbocycles. The minimum absolute atomic E-state index is 0.210. The van der Waals surface area contributed by atoms with Crippen LogP contribution in [0.5, 0.6) is 0 Å². The van der Waals surface area contributed by atoms with Gasteiger partial charge in [0.25, 0.3) is 5.91 Å². The average Bonchev–Trinajstić information content (AvgIpc) is 2.66. The van der Waals surface area contributed by atoms with Crippen LogP contribution < -0.4 is 10.6 Å². The minimum Gasteiger partial charge on any atom is -0.383 e. The maximum Gasteiger partial charge on any atom is 0.256 e. The van der Waals surface area contributed by atoms with Crippen molar-refractivity contribution in [2.24, 2.45) is 4.99 Å². The Balaban J connectivity index is 2.26. The Kier molecular flexibility index (Phi) is 4.52. The van der Waals surface area contributed by atoms with Crippen LogP contribution in [0.15, 0.2) is 23.2 Å². The Bertz CT molecular complexity index is 563. The summed E-state index contributed by atoms with van der Waals surface area (Å²) in [4.78, 5) is 16.4. The van der Waals surface area contributed by atoms with E-state index in [0.29, 0.717) is 34.7 Å². The smallest absolute Gasteiger partial charge is 0.256 e. The molecule has 1 aromatic rings. The third kappa shape index (κ3) is 2.90. The number of amides is 1. The first-order chi connectivity index (χ1) is 9.47. The van der Waals surface area contributed by atoms with Crippen molar-refractivity contribution in [1.29, 1.82) is 0 Å². The molecule has 1 aliphatic rings. The van der Waals surface area contributed by atoms with Crippen molar-refractivity contribution in [1.82, 2.24) is 10.6 Å². The predicted octanol–water partition coefficient (Wildman–Crippen LogP) is 1.93. The first-order valence-corrected chi connectivity index (χ1v) is 6.81. The molecule has 1 heterocycles. The summed E-state index contributed by atoms with van der Waals surface area (Å²) in [5.74, 6) is 0.207. The zero-order valence-corrected chi connectivity index (χ0v) is 12.7. The number of benzene rings is 1. The standard InChI is InChI=1S/C13H15Cl2N3O2/c1-13(9-4-3-8(14)7-10(9)15)11(19)17-12(18-13)16-5-6-20-2/h3-4,7H,5-6H2,1-2H3,(H2,16,17,18,19). The van der Waals surface area contributed by atoms with Crippen LogP contribution in [0.3, 0.4) is 0 Å². The largest absolute Gasteiger partial charge is 0.383 e. The number of carbonyl (C=O) groups excluding carboxylic acids is 1. The Hall–Kier alpha value is -1.30. The molecule has 0 bridgehead atoms. The first-order valence-electron chi connectivity index (χ1n) is 6.06. The van der Waals surface area contributed by atoms with E-state index in [1.807, 2.05) is 0 Å². The van der Waals surface area contributed by atoms with E-state index in [2.05, 4.69) is 15.6 Å². The number of hydrogen-bond donors (Lipinski definition) is 2. The van der Waals surface area contributed by atoms with E-state index in [0.717, 1.165) is 0 Å². The SMILES string of the molecule is COCCN=C1NC(=O)C(C)(c2ccc(Cl)cc2Cl)N1. The van der Waals surface area contributed by atoms with Crippen molar-refractivity contribution in [3.05, 3.63) is 33.8 Å². The van der Waals surface area contributed by atoms with Crippen molar-refractivity contribution >= 4 is 35.1 Å². The number of aliphatic imine (C=N–C) groups is 1. The van der Waals surface area contributed by atoms with Crippen molar-refractivity contribution in [2.45, 2.75) is 12.5 Å². The predicted molar refractivity (Wildman–Crippen MR) is 79.3 cm³/mol. The van der Waals surface area contributed by atoms with Gasteiger partial charge in [-0.25, -0.2) is 0 Å². The first kappa shape index (κ1) is 15.1. The lowest BCUT2D eigenvalue weighted by Gasteiger charge is -2.23. The van der Waals surface area contributed by atoms with Crippen LogP contribution in [-0.4, -0.2) is 32.1 Å². The van der Waals surface area contributed by atoms with Gasteiger partial charge in [-0.2, -0.15) is 0 Å². The van der Waals surface area contributed by atoms with Crippen LogP contribution in [0, 0.1) is 0 Å². The van der Waals surface area contributed by atoms with Gasteiger partial charge < -0.3 is 10.1 Å². The number of nitrogens with one attached hydrogen (secondary N) is 2. The van der Waals surface area contributed by atoms with Gasteiger partial charge in [0, 0.05) is 22.7 Å². The fourth-order valence-corrected chi connectivity index (χ4v) is 2.57. The lowest BCUT2D eigenvalue weighted by atomic mass is 9.92. The molecular weight excluding hydrogens is 301 g/mol. The number of rotatable bonds is 4. The van der Waals surface area contributed by atoms with Crippen LogP contribution >= 0.6 is 23.2 Å². The number of carbonyl (C=O) groups is 1. The summed E-state index contributed by atoms with van der Waals surface area (Å²) in [5, 5.41) is 6.71. The highest BCUT2D eigenvalue weighted by Crippen LogP contribution is 2.32. The summed E-state index contributed by atoms with van der Waals surface area (Å²) < 4.78 is 4.91. The molecule has 5 nitrogen and oxygen atoms in total. The van der Waals surface area contributed by atoms with Crippen molar-refractivity contribution in [3.63, 3.8) is 0 Å². The molecule has 108 valence electrons. The highest BCUT2D eigenvalue weighted by Gasteiger charge is 2.43. The fourth-order valence-electron chi connectivity index (χ4n) is 1.97. The minimum atomic E-state index is -0.965. The lowest BCUT2D eigenvalue weighted by molar-refractivity contribution is -0.123. The van der Waals surface area contributed by atoms with Gasteiger partial charge in [-0.3, -0.25) is 15.1 Å². The number of guanidine groups is 1. The van der Waals surface area contributed by atoms with Gasteiger partial charge in [0.1, 0.15) is 5.54 Å². The zero-order chi connectivity index (χ0) is 14.8. The van der Waals surface area contributed by atoms with Crippen LogP contribution in [-0.2, 0) is 15.1 Å². The molecule has 1 aliphatic heterocycles. The molecule has 1 fully saturated rings. The molecule has 1 unspecified atom stereocenters. The molecule has 0 saturated carbocycles. The van der Waals surface area contributed by atoms with Gasteiger partial charge in [0.2, 0.25) is 0 Å². The van der Waals surface area contributed by atoms with Crippen molar-refractivity contribution in [3.8, 4) is 0 Å². The molecule has 1 atom stereocenters. The Morgan fingerprint density at radius 2 is 2.15 bits per heavy atom. The van der Waals surface area contributed by atoms with E-state index in [-0.39, 0.29) is 5.91 Å². The topological polar surface area (TPSA) is 62.7 Å². The second-order valence-electron chi connectivity index (χ2n) is 4.55. The number of hydrogen-bond acceptors (Lipinski definition) is 3. The summed E-state index contributed by atoms with van der Waals surface area (Å²) >= 11 is 12.1. The summed E-state index contributed by atoms with van der Waals surface area (Å²) in [7, 11) is 1.60. The highest BCUT2D eigenvalue weighted by molar-refractivity contribution is 6.35. The van der Waals surface area contributed by atoms with Crippen LogP contribution in [0.25, 0.3) is 0 Å².